The van der Waals surface area contributed by atoms with Crippen molar-refractivity contribution in [3.63, 3.8) is 0 Å². The molecule has 0 aliphatic heterocycles. The number of aryl methyl sites for hydroxylation is 1. The van der Waals surface area contributed by atoms with Crippen LogP contribution >= 0.6 is 11.8 Å². The summed E-state index contributed by atoms with van der Waals surface area (Å²) in [7, 11) is 0. The Kier molecular flexibility index (Phi) is 6.18. The van der Waals surface area contributed by atoms with Crippen LogP contribution in [0.25, 0.3) is 16.7 Å². The molecule has 6 nitrogen and oxygen atoms in total. The first kappa shape index (κ1) is 20.6. The van der Waals surface area contributed by atoms with Gasteiger partial charge in [0.2, 0.25) is 5.91 Å². The molecule has 156 valence electrons. The number of aromatic nitrogens is 3. The van der Waals surface area contributed by atoms with Gasteiger partial charge in [-0.1, -0.05) is 36.9 Å². The highest BCUT2D eigenvalue weighted by Gasteiger charge is 2.26. The molecule has 3 aromatic rings. The van der Waals surface area contributed by atoms with Crippen LogP contribution in [-0.2, 0) is 4.79 Å². The number of nitrogens with zero attached hydrogens (tertiary/aromatic N) is 4. The molecule has 2 heterocycles. The molecule has 0 radical (unpaired) electrons. The molecule has 7 heteroatoms. The Hall–Kier alpha value is -2.67. The van der Waals surface area contributed by atoms with Crippen molar-refractivity contribution in [2.75, 3.05) is 18.8 Å². The molecule has 2 aromatic heterocycles. The highest BCUT2D eigenvalue weighted by Crippen LogP contribution is 2.30. The normalized spacial score (nSPS) is 13.5. The average molecular weight is 423 g/mol. The van der Waals surface area contributed by atoms with Crippen LogP contribution in [0.1, 0.15) is 31.7 Å². The molecule has 1 aliphatic carbocycles. The molecule has 30 heavy (non-hydrogen) atoms. The number of fused-ring (bicyclic) bond motifs is 1. The molecular weight excluding hydrogens is 396 g/mol. The standard InChI is InChI=1S/C23H26N4O2S/c1-3-13-26(14-17-10-11-17)20(28)15-30-23-25-19-9-5-4-8-18(19)22(29)27(23)21-16(2)7-6-12-24-21/h4-9,12,17H,3,10-11,13-15H2,1-2H3. The number of benzene rings is 1. The number of rotatable bonds is 8. The molecule has 1 aliphatic rings. The lowest BCUT2D eigenvalue weighted by Crippen LogP contribution is -2.35. The molecule has 0 unspecified atom stereocenters. The molecular formula is C23H26N4O2S. The van der Waals surface area contributed by atoms with Crippen LogP contribution in [0.4, 0.5) is 0 Å². The maximum absolute atomic E-state index is 13.3. The quantitative estimate of drug-likeness (QED) is 0.408. The summed E-state index contributed by atoms with van der Waals surface area (Å²) >= 11 is 1.31. The van der Waals surface area contributed by atoms with E-state index in [0.29, 0.717) is 27.8 Å². The number of pyridine rings is 1. The SMILES string of the molecule is CCCN(CC1CC1)C(=O)CSc1nc2ccccc2c(=O)n1-c1ncccc1C. The molecule has 0 N–H and O–H groups in total. The van der Waals surface area contributed by atoms with Gasteiger partial charge in [-0.05, 0) is 55.9 Å². The molecule has 0 spiro atoms. The minimum absolute atomic E-state index is 0.0976. The van der Waals surface area contributed by atoms with E-state index < -0.39 is 0 Å². The van der Waals surface area contributed by atoms with Gasteiger partial charge in [-0.3, -0.25) is 9.59 Å². The Balaban J connectivity index is 1.69. The third kappa shape index (κ3) is 4.41. The summed E-state index contributed by atoms with van der Waals surface area (Å²) in [5.41, 5.74) is 1.35. The number of thioether (sulfide) groups is 1. The van der Waals surface area contributed by atoms with Crippen molar-refractivity contribution in [2.45, 2.75) is 38.3 Å². The minimum atomic E-state index is -0.166. The lowest BCUT2D eigenvalue weighted by atomic mass is 10.2. The fraction of sp³-hybridized carbons (Fsp3) is 0.391. The third-order valence-electron chi connectivity index (χ3n) is 5.29. The number of hydrogen-bond acceptors (Lipinski definition) is 5. The zero-order chi connectivity index (χ0) is 21.1. The predicted octanol–water partition coefficient (Wildman–Crippen LogP) is 3.83. The highest BCUT2D eigenvalue weighted by atomic mass is 32.2. The summed E-state index contributed by atoms with van der Waals surface area (Å²) in [4.78, 5) is 37.3. The second kappa shape index (κ2) is 9.00. The van der Waals surface area contributed by atoms with E-state index in [9.17, 15) is 9.59 Å². The van der Waals surface area contributed by atoms with Gasteiger partial charge >= 0.3 is 0 Å². The first-order valence-corrected chi connectivity index (χ1v) is 11.4. The highest BCUT2D eigenvalue weighted by molar-refractivity contribution is 7.99. The zero-order valence-corrected chi connectivity index (χ0v) is 18.2. The van der Waals surface area contributed by atoms with E-state index >= 15 is 0 Å². The van der Waals surface area contributed by atoms with Crippen LogP contribution in [-0.4, -0.2) is 44.2 Å². The van der Waals surface area contributed by atoms with Crippen LogP contribution in [0.5, 0.6) is 0 Å². The molecule has 4 rings (SSSR count). The lowest BCUT2D eigenvalue weighted by Gasteiger charge is -2.22. The summed E-state index contributed by atoms with van der Waals surface area (Å²) in [6.07, 6.45) is 5.04. The second-order valence-corrected chi connectivity index (χ2v) is 8.71. The van der Waals surface area contributed by atoms with Crippen LogP contribution in [0.3, 0.4) is 0 Å². The van der Waals surface area contributed by atoms with Crippen molar-refractivity contribution in [1.82, 2.24) is 19.4 Å². The van der Waals surface area contributed by atoms with E-state index in [-0.39, 0.29) is 17.2 Å². The van der Waals surface area contributed by atoms with E-state index in [0.717, 1.165) is 25.1 Å². The lowest BCUT2D eigenvalue weighted by molar-refractivity contribution is -0.128. The summed E-state index contributed by atoms with van der Waals surface area (Å²) < 4.78 is 1.54. The Bertz CT molecular complexity index is 1120. The topological polar surface area (TPSA) is 68.1 Å². The first-order valence-electron chi connectivity index (χ1n) is 10.4. The van der Waals surface area contributed by atoms with Crippen LogP contribution < -0.4 is 5.56 Å². The van der Waals surface area contributed by atoms with Gasteiger partial charge < -0.3 is 4.90 Å². The third-order valence-corrected chi connectivity index (χ3v) is 6.21. The molecule has 1 saturated carbocycles. The Morgan fingerprint density at radius 2 is 2.03 bits per heavy atom. The van der Waals surface area contributed by atoms with Gasteiger partial charge in [0.25, 0.3) is 5.56 Å². The van der Waals surface area contributed by atoms with Gasteiger partial charge in [-0.2, -0.15) is 0 Å². The van der Waals surface area contributed by atoms with Crippen LogP contribution in [0.15, 0.2) is 52.5 Å². The molecule has 1 fully saturated rings. The Labute approximate surface area is 180 Å². The van der Waals surface area contributed by atoms with E-state index in [1.165, 1.54) is 24.6 Å². The molecule has 0 atom stereocenters. The molecule has 0 bridgehead atoms. The number of carbonyl (C=O) groups is 1. The molecule has 0 saturated heterocycles. The van der Waals surface area contributed by atoms with Crippen molar-refractivity contribution >= 4 is 28.6 Å². The van der Waals surface area contributed by atoms with E-state index in [1.54, 1.807) is 16.8 Å². The summed E-state index contributed by atoms with van der Waals surface area (Å²) in [6, 6.07) is 11.1. The van der Waals surface area contributed by atoms with Crippen molar-refractivity contribution in [1.29, 1.82) is 0 Å². The zero-order valence-electron chi connectivity index (χ0n) is 17.4. The monoisotopic (exact) mass is 422 g/mol. The minimum Gasteiger partial charge on any atom is -0.342 e. The van der Waals surface area contributed by atoms with Crippen molar-refractivity contribution in [3.05, 3.63) is 58.5 Å². The molecule has 1 aromatic carbocycles. The van der Waals surface area contributed by atoms with Gasteiger partial charge in [0, 0.05) is 19.3 Å². The molecule has 1 amide bonds. The van der Waals surface area contributed by atoms with Crippen molar-refractivity contribution in [2.24, 2.45) is 5.92 Å². The number of para-hydroxylation sites is 1. The average Bonchev–Trinajstić information content (AvgIpc) is 3.57. The summed E-state index contributed by atoms with van der Waals surface area (Å²) in [6.45, 7) is 5.62. The maximum atomic E-state index is 13.3. The van der Waals surface area contributed by atoms with Crippen molar-refractivity contribution < 1.29 is 4.79 Å². The maximum Gasteiger partial charge on any atom is 0.267 e. The van der Waals surface area contributed by atoms with Gasteiger partial charge in [0.05, 0.1) is 16.7 Å². The fourth-order valence-electron chi connectivity index (χ4n) is 3.52. The van der Waals surface area contributed by atoms with E-state index in [2.05, 4.69) is 11.9 Å². The fourth-order valence-corrected chi connectivity index (χ4v) is 4.42. The van der Waals surface area contributed by atoms with E-state index in [1.807, 2.05) is 42.2 Å². The van der Waals surface area contributed by atoms with Crippen molar-refractivity contribution in [3.8, 4) is 5.82 Å². The largest absolute Gasteiger partial charge is 0.342 e. The second-order valence-electron chi connectivity index (χ2n) is 7.77. The van der Waals surface area contributed by atoms with Gasteiger partial charge in [-0.25, -0.2) is 14.5 Å². The number of hydrogen-bond donors (Lipinski definition) is 0. The van der Waals surface area contributed by atoms with Gasteiger partial charge in [0.1, 0.15) is 5.82 Å². The smallest absolute Gasteiger partial charge is 0.267 e. The first-order chi connectivity index (χ1) is 14.6. The Morgan fingerprint density at radius 1 is 1.23 bits per heavy atom. The summed E-state index contributed by atoms with van der Waals surface area (Å²) in [5, 5.41) is 1.04. The summed E-state index contributed by atoms with van der Waals surface area (Å²) in [5.74, 6) is 1.56. The van der Waals surface area contributed by atoms with Gasteiger partial charge in [-0.15, -0.1) is 0 Å². The number of carbonyl (C=O) groups excluding carboxylic acids is 1. The predicted molar refractivity (Wildman–Crippen MR) is 120 cm³/mol. The van der Waals surface area contributed by atoms with E-state index in [4.69, 9.17) is 4.98 Å². The van der Waals surface area contributed by atoms with Crippen LogP contribution in [0, 0.1) is 12.8 Å². The number of amides is 1. The Morgan fingerprint density at radius 3 is 2.77 bits per heavy atom. The van der Waals surface area contributed by atoms with Gasteiger partial charge in [0.15, 0.2) is 5.16 Å². The van der Waals surface area contributed by atoms with Crippen LogP contribution in [0.2, 0.25) is 0 Å².